The first kappa shape index (κ1) is 14.6. The van der Waals surface area contributed by atoms with E-state index in [0.29, 0.717) is 24.9 Å². The minimum Gasteiger partial charge on any atom is -0.396 e. The van der Waals surface area contributed by atoms with Crippen molar-refractivity contribution in [2.45, 2.75) is 24.9 Å². The maximum absolute atomic E-state index is 12.8. The molecule has 0 spiro atoms. The van der Waals surface area contributed by atoms with Crippen molar-refractivity contribution in [1.29, 1.82) is 0 Å². The highest BCUT2D eigenvalue weighted by atomic mass is 35.5. The summed E-state index contributed by atoms with van der Waals surface area (Å²) in [4.78, 5) is 0. The zero-order valence-electron chi connectivity index (χ0n) is 10.2. The van der Waals surface area contributed by atoms with E-state index >= 15 is 0 Å². The first-order chi connectivity index (χ1) is 8.84. The highest BCUT2D eigenvalue weighted by molar-refractivity contribution is 6.31. The smallest absolute Gasteiger partial charge is 0.396 e. The maximum Gasteiger partial charge on any atom is 0.417 e. The van der Waals surface area contributed by atoms with Crippen LogP contribution >= 0.6 is 11.6 Å². The quantitative estimate of drug-likeness (QED) is 0.895. The van der Waals surface area contributed by atoms with Gasteiger partial charge in [0, 0.05) is 12.0 Å². The lowest BCUT2D eigenvalue weighted by Crippen LogP contribution is -2.15. The van der Waals surface area contributed by atoms with Crippen molar-refractivity contribution in [3.8, 4) is 0 Å². The number of alkyl halides is 3. The predicted molar refractivity (Wildman–Crippen MR) is 67.0 cm³/mol. The number of hydrogen-bond acceptors (Lipinski definition) is 2. The van der Waals surface area contributed by atoms with E-state index in [1.54, 1.807) is 6.07 Å². The second-order valence-electron chi connectivity index (χ2n) is 5.05. The summed E-state index contributed by atoms with van der Waals surface area (Å²) in [6, 6.07) is 3.94. The Morgan fingerprint density at radius 3 is 2.63 bits per heavy atom. The molecule has 1 fully saturated rings. The molecule has 0 aliphatic heterocycles. The van der Waals surface area contributed by atoms with E-state index in [9.17, 15) is 18.3 Å². The molecule has 1 saturated carbocycles. The van der Waals surface area contributed by atoms with Gasteiger partial charge in [0.1, 0.15) is 0 Å². The van der Waals surface area contributed by atoms with E-state index in [0.717, 1.165) is 6.07 Å². The molecule has 0 saturated heterocycles. The fourth-order valence-corrected chi connectivity index (χ4v) is 2.84. The standard InChI is InChI=1S/C13H15ClF3NO/c14-11-2-1-8(5-9(11)13(15,16)17)10-6-12(10,7-19)3-4-18/h1-2,5,10,19H,3-4,6-7,18H2/t10-,12+/m0/s1. The molecule has 106 valence electrons. The molecular formula is C13H15ClF3NO. The van der Waals surface area contributed by atoms with E-state index in [2.05, 4.69) is 0 Å². The van der Waals surface area contributed by atoms with Crippen molar-refractivity contribution in [2.75, 3.05) is 13.2 Å². The Morgan fingerprint density at radius 1 is 1.42 bits per heavy atom. The highest BCUT2D eigenvalue weighted by Gasteiger charge is 2.53. The maximum atomic E-state index is 12.8. The molecule has 1 aromatic rings. The number of aliphatic hydroxyl groups excluding tert-OH is 1. The summed E-state index contributed by atoms with van der Waals surface area (Å²) in [5.74, 6) is -0.0700. The van der Waals surface area contributed by atoms with Gasteiger partial charge >= 0.3 is 6.18 Å². The van der Waals surface area contributed by atoms with Gasteiger partial charge in [-0.05, 0) is 43.0 Å². The second kappa shape index (κ2) is 4.96. The minimum atomic E-state index is -4.46. The van der Waals surface area contributed by atoms with Gasteiger partial charge in [-0.15, -0.1) is 0 Å². The Labute approximate surface area is 114 Å². The predicted octanol–water partition coefficient (Wildman–Crippen LogP) is 3.17. The largest absolute Gasteiger partial charge is 0.417 e. The first-order valence-corrected chi connectivity index (χ1v) is 6.39. The molecule has 6 heteroatoms. The summed E-state index contributed by atoms with van der Waals surface area (Å²) in [5, 5.41) is 9.10. The lowest BCUT2D eigenvalue weighted by molar-refractivity contribution is -0.137. The highest BCUT2D eigenvalue weighted by Crippen LogP contribution is 2.61. The molecule has 1 aliphatic carbocycles. The van der Waals surface area contributed by atoms with Crippen LogP contribution in [0.5, 0.6) is 0 Å². The van der Waals surface area contributed by atoms with Gasteiger partial charge in [-0.25, -0.2) is 0 Å². The average molecular weight is 294 g/mol. The molecule has 0 radical (unpaired) electrons. The van der Waals surface area contributed by atoms with Crippen molar-refractivity contribution < 1.29 is 18.3 Å². The molecule has 0 heterocycles. The third-order valence-corrected chi connectivity index (χ3v) is 4.17. The number of rotatable bonds is 4. The Hall–Kier alpha value is -0.780. The summed E-state index contributed by atoms with van der Waals surface area (Å²) in [6.45, 7) is 0.357. The summed E-state index contributed by atoms with van der Waals surface area (Å²) in [7, 11) is 0. The monoisotopic (exact) mass is 293 g/mol. The third-order valence-electron chi connectivity index (χ3n) is 3.85. The van der Waals surface area contributed by atoms with E-state index < -0.39 is 11.7 Å². The average Bonchev–Trinajstić information content (AvgIpc) is 3.04. The number of nitrogens with two attached hydrogens (primary N) is 1. The Morgan fingerprint density at radius 2 is 2.11 bits per heavy atom. The fourth-order valence-electron chi connectivity index (χ4n) is 2.61. The van der Waals surface area contributed by atoms with Crippen molar-refractivity contribution in [2.24, 2.45) is 11.1 Å². The third kappa shape index (κ3) is 2.73. The normalized spacial score (nSPS) is 26.5. The molecule has 0 aromatic heterocycles. The molecule has 2 nitrogen and oxygen atoms in total. The number of aliphatic hydroxyl groups is 1. The van der Waals surface area contributed by atoms with Gasteiger partial charge < -0.3 is 10.8 Å². The van der Waals surface area contributed by atoms with Crippen molar-refractivity contribution in [3.63, 3.8) is 0 Å². The van der Waals surface area contributed by atoms with Crippen LogP contribution in [0.1, 0.15) is 29.9 Å². The zero-order valence-corrected chi connectivity index (χ0v) is 10.9. The van der Waals surface area contributed by atoms with Crippen LogP contribution in [0.3, 0.4) is 0 Å². The van der Waals surface area contributed by atoms with Gasteiger partial charge in [0.05, 0.1) is 10.6 Å². The molecule has 19 heavy (non-hydrogen) atoms. The van der Waals surface area contributed by atoms with Crippen LogP contribution in [0.2, 0.25) is 5.02 Å². The van der Waals surface area contributed by atoms with Gasteiger partial charge in [0.25, 0.3) is 0 Å². The summed E-state index contributed by atoms with van der Waals surface area (Å²) < 4.78 is 38.3. The molecule has 1 aliphatic rings. The van der Waals surface area contributed by atoms with Gasteiger partial charge in [-0.3, -0.25) is 0 Å². The molecular weight excluding hydrogens is 279 g/mol. The van der Waals surface area contributed by atoms with Crippen LogP contribution in [0, 0.1) is 5.41 Å². The van der Waals surface area contributed by atoms with Crippen LogP contribution in [-0.2, 0) is 6.18 Å². The molecule has 3 N–H and O–H groups in total. The molecule has 0 amide bonds. The molecule has 0 bridgehead atoms. The van der Waals surface area contributed by atoms with Crippen LogP contribution in [0.15, 0.2) is 18.2 Å². The lowest BCUT2D eigenvalue weighted by Gasteiger charge is -2.15. The van der Waals surface area contributed by atoms with Gasteiger partial charge in [0.2, 0.25) is 0 Å². The first-order valence-electron chi connectivity index (χ1n) is 6.01. The lowest BCUT2D eigenvalue weighted by atomic mass is 9.95. The Bertz CT molecular complexity index is 477. The number of hydrogen-bond donors (Lipinski definition) is 2. The summed E-state index contributed by atoms with van der Waals surface area (Å²) in [5.41, 5.74) is 4.87. The second-order valence-corrected chi connectivity index (χ2v) is 5.46. The number of halogens is 4. The number of benzene rings is 1. The van der Waals surface area contributed by atoms with Gasteiger partial charge in [0.15, 0.2) is 0 Å². The van der Waals surface area contributed by atoms with Crippen LogP contribution in [0.4, 0.5) is 13.2 Å². The van der Waals surface area contributed by atoms with Crippen LogP contribution in [0.25, 0.3) is 0 Å². The van der Waals surface area contributed by atoms with Crippen molar-refractivity contribution >= 4 is 11.6 Å². The van der Waals surface area contributed by atoms with Crippen LogP contribution in [-0.4, -0.2) is 18.3 Å². The topological polar surface area (TPSA) is 46.2 Å². The van der Waals surface area contributed by atoms with E-state index in [1.807, 2.05) is 0 Å². The SMILES string of the molecule is NCC[C@]1(CO)C[C@H]1c1ccc(Cl)c(C(F)(F)F)c1. The van der Waals surface area contributed by atoms with Crippen LogP contribution < -0.4 is 5.73 Å². The molecule has 1 aromatic carbocycles. The fraction of sp³-hybridized carbons (Fsp3) is 0.538. The summed E-state index contributed by atoms with van der Waals surface area (Å²) in [6.07, 6.45) is -3.19. The van der Waals surface area contributed by atoms with E-state index in [1.165, 1.54) is 6.07 Å². The minimum absolute atomic E-state index is 0.0567. The van der Waals surface area contributed by atoms with Crippen molar-refractivity contribution in [1.82, 2.24) is 0 Å². The van der Waals surface area contributed by atoms with Gasteiger partial charge in [-0.2, -0.15) is 13.2 Å². The van der Waals surface area contributed by atoms with Gasteiger partial charge in [-0.1, -0.05) is 17.7 Å². The Balaban J connectivity index is 2.29. The molecule has 0 unspecified atom stereocenters. The van der Waals surface area contributed by atoms with E-state index in [-0.39, 0.29) is 23.0 Å². The van der Waals surface area contributed by atoms with E-state index in [4.69, 9.17) is 17.3 Å². The van der Waals surface area contributed by atoms with Crippen molar-refractivity contribution in [3.05, 3.63) is 34.3 Å². The molecule has 2 rings (SSSR count). The summed E-state index contributed by atoms with van der Waals surface area (Å²) >= 11 is 5.58. The Kier molecular flexibility index (Phi) is 3.82. The zero-order chi connectivity index (χ0) is 14.3. The molecule has 2 atom stereocenters.